The maximum atomic E-state index is 13.8. The summed E-state index contributed by atoms with van der Waals surface area (Å²) in [4.78, 5) is 33.1. The highest BCUT2D eigenvalue weighted by Gasteiger charge is 2.46. The van der Waals surface area contributed by atoms with Crippen molar-refractivity contribution in [2.45, 2.75) is 50.3 Å². The minimum atomic E-state index is -0.484. The van der Waals surface area contributed by atoms with Gasteiger partial charge in [-0.15, -0.1) is 11.8 Å². The van der Waals surface area contributed by atoms with Crippen molar-refractivity contribution in [2.24, 2.45) is 16.8 Å². The van der Waals surface area contributed by atoms with Crippen molar-refractivity contribution >= 4 is 29.2 Å². The van der Waals surface area contributed by atoms with Gasteiger partial charge >= 0.3 is 5.97 Å². The van der Waals surface area contributed by atoms with E-state index in [1.165, 1.54) is 0 Å². The summed E-state index contributed by atoms with van der Waals surface area (Å²) in [6, 6.07) is 13.9. The lowest BCUT2D eigenvalue weighted by atomic mass is 9.66. The van der Waals surface area contributed by atoms with Crippen LogP contribution in [0.25, 0.3) is 0 Å². The Hall–Kier alpha value is -3.06. The topological polar surface area (TPSA) is 74.2 Å². The van der Waals surface area contributed by atoms with E-state index in [2.05, 4.69) is 0 Å². The molecule has 3 unspecified atom stereocenters. The van der Waals surface area contributed by atoms with Gasteiger partial charge in [-0.05, 0) is 66.8 Å². The third-order valence-corrected chi connectivity index (χ3v) is 7.82. The second-order valence-electron chi connectivity index (χ2n) is 10.0. The van der Waals surface area contributed by atoms with Gasteiger partial charge in [0.1, 0.15) is 5.78 Å². The molecule has 0 saturated heterocycles. The van der Waals surface area contributed by atoms with Crippen LogP contribution in [-0.2, 0) is 14.3 Å². The Kier molecular flexibility index (Phi) is 8.42. The Balaban J connectivity index is 1.74. The largest absolute Gasteiger partial charge is 0.493 e. The van der Waals surface area contributed by atoms with Gasteiger partial charge in [0.25, 0.3) is 0 Å². The molecule has 1 heterocycles. The van der Waals surface area contributed by atoms with Crippen molar-refractivity contribution in [1.82, 2.24) is 0 Å². The SMILES string of the molecule is COc1ccc(C2CC(=O)C3C(=NC(C)=C(C(=O)OCC(C)C)C3c3ccc(SC)cc3)C2)cc1OC. The van der Waals surface area contributed by atoms with E-state index < -0.39 is 11.8 Å². The molecule has 2 aromatic rings. The number of hydrogen-bond acceptors (Lipinski definition) is 7. The van der Waals surface area contributed by atoms with E-state index >= 15 is 0 Å². The molecule has 0 N–H and O–H groups in total. The predicted molar refractivity (Wildman–Crippen MR) is 147 cm³/mol. The van der Waals surface area contributed by atoms with E-state index in [0.717, 1.165) is 21.7 Å². The Bertz CT molecular complexity index is 1230. The molecular formula is C30H35NO5S. The molecule has 0 spiro atoms. The number of allylic oxidation sites excluding steroid dienone is 1. The molecule has 1 fully saturated rings. The van der Waals surface area contributed by atoms with Crippen LogP contribution >= 0.6 is 11.8 Å². The zero-order valence-electron chi connectivity index (χ0n) is 22.4. The summed E-state index contributed by atoms with van der Waals surface area (Å²) in [6.07, 6.45) is 3.03. The average molecular weight is 522 g/mol. The molecular weight excluding hydrogens is 486 g/mol. The normalized spacial score (nSPS) is 21.4. The number of rotatable bonds is 8. The second kappa shape index (κ2) is 11.5. The molecule has 0 amide bonds. The van der Waals surface area contributed by atoms with Crippen molar-refractivity contribution in [2.75, 3.05) is 27.1 Å². The number of aliphatic imine (C=N–C) groups is 1. The zero-order valence-corrected chi connectivity index (χ0v) is 23.2. The van der Waals surface area contributed by atoms with Gasteiger partial charge in [0.05, 0.1) is 32.3 Å². The van der Waals surface area contributed by atoms with Gasteiger partial charge in [0, 0.05) is 28.6 Å². The third-order valence-electron chi connectivity index (χ3n) is 7.08. The highest BCUT2D eigenvalue weighted by Crippen LogP contribution is 2.47. The quantitative estimate of drug-likeness (QED) is 0.304. The van der Waals surface area contributed by atoms with Crippen LogP contribution < -0.4 is 9.47 Å². The van der Waals surface area contributed by atoms with Crippen molar-refractivity contribution in [1.29, 1.82) is 0 Å². The number of thioether (sulfide) groups is 1. The number of nitrogens with zero attached hydrogens (tertiary/aromatic N) is 1. The predicted octanol–water partition coefficient (Wildman–Crippen LogP) is 6.20. The Labute approximate surface area is 223 Å². The number of ether oxygens (including phenoxy) is 3. The number of Topliss-reactive ketones (excluding diaryl/α,β-unsaturated/α-hetero) is 1. The molecule has 2 aliphatic rings. The standard InChI is InChI=1S/C30H35NO5S/c1-17(2)16-36-30(33)27-18(3)31-23-13-21(20-9-12-25(34-4)26(15-20)35-5)14-24(32)29(23)28(27)19-7-10-22(37-6)11-8-19/h7-12,15,17,21,28-29H,13-14,16H2,1-6H3. The van der Waals surface area contributed by atoms with Gasteiger partial charge in [-0.2, -0.15) is 0 Å². The van der Waals surface area contributed by atoms with Crippen LogP contribution in [0, 0.1) is 11.8 Å². The second-order valence-corrected chi connectivity index (χ2v) is 10.9. The smallest absolute Gasteiger partial charge is 0.336 e. The Morgan fingerprint density at radius 2 is 1.68 bits per heavy atom. The van der Waals surface area contributed by atoms with Crippen LogP contribution in [0.4, 0.5) is 0 Å². The summed E-state index contributed by atoms with van der Waals surface area (Å²) in [5, 5.41) is 0. The maximum Gasteiger partial charge on any atom is 0.336 e. The molecule has 4 rings (SSSR count). The summed E-state index contributed by atoms with van der Waals surface area (Å²) in [6.45, 7) is 6.18. The summed E-state index contributed by atoms with van der Waals surface area (Å²) >= 11 is 1.66. The molecule has 2 aromatic carbocycles. The summed E-state index contributed by atoms with van der Waals surface area (Å²) < 4.78 is 16.5. The van der Waals surface area contributed by atoms with Crippen molar-refractivity contribution < 1.29 is 23.8 Å². The first-order valence-corrected chi connectivity index (χ1v) is 13.8. The number of fused-ring (bicyclic) bond motifs is 1. The van der Waals surface area contributed by atoms with E-state index in [1.807, 2.05) is 69.5 Å². The van der Waals surface area contributed by atoms with Gasteiger partial charge in [0.2, 0.25) is 0 Å². The van der Waals surface area contributed by atoms with E-state index in [0.29, 0.717) is 42.2 Å². The van der Waals surface area contributed by atoms with E-state index in [4.69, 9.17) is 19.2 Å². The number of esters is 1. The average Bonchev–Trinajstić information content (AvgIpc) is 2.90. The fourth-order valence-electron chi connectivity index (χ4n) is 5.28. The molecule has 0 aromatic heterocycles. The van der Waals surface area contributed by atoms with Crippen molar-refractivity contribution in [3.63, 3.8) is 0 Å². The highest BCUT2D eigenvalue weighted by molar-refractivity contribution is 7.98. The van der Waals surface area contributed by atoms with Gasteiger partial charge < -0.3 is 14.2 Å². The van der Waals surface area contributed by atoms with E-state index in [-0.39, 0.29) is 23.6 Å². The molecule has 6 nitrogen and oxygen atoms in total. The van der Waals surface area contributed by atoms with Crippen LogP contribution in [-0.4, -0.2) is 44.5 Å². The number of carbonyl (C=O) groups excluding carboxylic acids is 2. The maximum absolute atomic E-state index is 13.8. The molecule has 0 radical (unpaired) electrons. The highest BCUT2D eigenvalue weighted by atomic mass is 32.2. The number of ketones is 1. The number of benzene rings is 2. The lowest BCUT2D eigenvalue weighted by Crippen LogP contribution is -2.41. The lowest BCUT2D eigenvalue weighted by molar-refractivity contribution is -0.140. The molecule has 37 heavy (non-hydrogen) atoms. The van der Waals surface area contributed by atoms with Crippen molar-refractivity contribution in [3.05, 3.63) is 64.9 Å². The first kappa shape index (κ1) is 27.0. The fourth-order valence-corrected chi connectivity index (χ4v) is 5.68. The van der Waals surface area contributed by atoms with E-state index in [1.54, 1.807) is 26.0 Å². The molecule has 0 bridgehead atoms. The number of hydrogen-bond donors (Lipinski definition) is 0. The first-order chi connectivity index (χ1) is 17.8. The minimum Gasteiger partial charge on any atom is -0.493 e. The van der Waals surface area contributed by atoms with Gasteiger partial charge in [-0.1, -0.05) is 32.0 Å². The number of methoxy groups -OCH3 is 2. The van der Waals surface area contributed by atoms with Gasteiger partial charge in [-0.25, -0.2) is 4.79 Å². The van der Waals surface area contributed by atoms with E-state index in [9.17, 15) is 9.59 Å². The monoisotopic (exact) mass is 521 g/mol. The fraction of sp³-hybridized carbons (Fsp3) is 0.433. The van der Waals surface area contributed by atoms with Crippen LogP contribution in [0.3, 0.4) is 0 Å². The Morgan fingerprint density at radius 1 is 1.00 bits per heavy atom. The zero-order chi connectivity index (χ0) is 26.7. The van der Waals surface area contributed by atoms with Crippen LogP contribution in [0.2, 0.25) is 0 Å². The summed E-state index contributed by atoms with van der Waals surface area (Å²) in [7, 11) is 3.21. The summed E-state index contributed by atoms with van der Waals surface area (Å²) in [5.41, 5.74) is 3.89. The molecule has 1 saturated carbocycles. The van der Waals surface area contributed by atoms with Crippen LogP contribution in [0.5, 0.6) is 11.5 Å². The molecule has 196 valence electrons. The van der Waals surface area contributed by atoms with Gasteiger partial charge in [0.15, 0.2) is 11.5 Å². The molecule has 7 heteroatoms. The minimum absolute atomic E-state index is 0.0240. The van der Waals surface area contributed by atoms with Gasteiger partial charge in [-0.3, -0.25) is 9.79 Å². The molecule has 1 aliphatic heterocycles. The third kappa shape index (κ3) is 5.61. The first-order valence-electron chi connectivity index (χ1n) is 12.6. The van der Waals surface area contributed by atoms with Crippen molar-refractivity contribution in [3.8, 4) is 11.5 Å². The van der Waals surface area contributed by atoms with Crippen LogP contribution in [0.1, 0.15) is 56.6 Å². The summed E-state index contributed by atoms with van der Waals surface area (Å²) in [5.74, 6) is 0.280. The lowest BCUT2D eigenvalue weighted by Gasteiger charge is -2.38. The molecule has 1 aliphatic carbocycles. The molecule has 3 atom stereocenters. The number of carbonyl (C=O) groups is 2. The Morgan fingerprint density at radius 3 is 2.30 bits per heavy atom. The van der Waals surface area contributed by atoms with Crippen LogP contribution in [0.15, 0.2) is 63.6 Å².